The average molecular weight is 596 g/mol. The molecule has 0 aromatic rings. The van der Waals surface area contributed by atoms with E-state index in [1.165, 1.54) is 167 Å². The molecule has 0 spiro atoms. The highest BCUT2D eigenvalue weighted by molar-refractivity contribution is 5.76. The van der Waals surface area contributed by atoms with Crippen molar-refractivity contribution in [2.75, 3.05) is 6.61 Å². The molecule has 4 heteroatoms. The van der Waals surface area contributed by atoms with Crippen molar-refractivity contribution in [1.82, 2.24) is 5.32 Å². The monoisotopic (exact) mass is 596 g/mol. The molecule has 0 aliphatic heterocycles. The van der Waals surface area contributed by atoms with E-state index in [0.29, 0.717) is 12.8 Å². The second-order valence-electron chi connectivity index (χ2n) is 13.4. The SMILES string of the molecule is CCCCCCCCCCCCCCCCCCCCCC(=O)NC(CO)C(O)CCCCCCCCCCCCC. The molecule has 0 bridgehead atoms. The van der Waals surface area contributed by atoms with E-state index in [1.54, 1.807) is 0 Å². The minimum absolute atomic E-state index is 0.0287. The Morgan fingerprint density at radius 1 is 0.476 bits per heavy atom. The normalized spacial score (nSPS) is 13.0. The lowest BCUT2D eigenvalue weighted by atomic mass is 10.0. The number of amides is 1. The van der Waals surface area contributed by atoms with Gasteiger partial charge >= 0.3 is 0 Å². The van der Waals surface area contributed by atoms with Gasteiger partial charge in [-0.3, -0.25) is 4.79 Å². The van der Waals surface area contributed by atoms with Crippen LogP contribution in [0.4, 0.5) is 0 Å². The molecule has 0 aliphatic rings. The molecule has 0 aromatic heterocycles. The summed E-state index contributed by atoms with van der Waals surface area (Å²) >= 11 is 0. The van der Waals surface area contributed by atoms with Gasteiger partial charge in [0.2, 0.25) is 5.91 Å². The molecule has 0 saturated carbocycles. The topological polar surface area (TPSA) is 69.6 Å². The van der Waals surface area contributed by atoms with E-state index in [4.69, 9.17) is 0 Å². The molecule has 252 valence electrons. The van der Waals surface area contributed by atoms with Crippen molar-refractivity contribution in [2.45, 2.75) is 231 Å². The number of carbonyl (C=O) groups is 1. The summed E-state index contributed by atoms with van der Waals surface area (Å²) in [6, 6.07) is -0.527. The molecule has 2 unspecified atom stereocenters. The first-order chi connectivity index (χ1) is 20.7. The summed E-state index contributed by atoms with van der Waals surface area (Å²) in [5.41, 5.74) is 0. The van der Waals surface area contributed by atoms with Gasteiger partial charge in [0.05, 0.1) is 18.8 Å². The zero-order valence-corrected chi connectivity index (χ0v) is 28.8. The van der Waals surface area contributed by atoms with E-state index in [-0.39, 0.29) is 12.5 Å². The highest BCUT2D eigenvalue weighted by atomic mass is 16.3. The lowest BCUT2D eigenvalue weighted by Crippen LogP contribution is -2.45. The first-order valence-corrected chi connectivity index (χ1v) is 19.2. The van der Waals surface area contributed by atoms with Crippen LogP contribution in [0, 0.1) is 0 Å². The highest BCUT2D eigenvalue weighted by Crippen LogP contribution is 2.16. The van der Waals surface area contributed by atoms with Crippen LogP contribution in [0.3, 0.4) is 0 Å². The zero-order chi connectivity index (χ0) is 30.8. The Bertz CT molecular complexity index is 526. The molecule has 0 heterocycles. The summed E-state index contributed by atoms with van der Waals surface area (Å²) < 4.78 is 0. The molecule has 42 heavy (non-hydrogen) atoms. The van der Waals surface area contributed by atoms with Gasteiger partial charge in [-0.15, -0.1) is 0 Å². The molecule has 0 rings (SSSR count). The van der Waals surface area contributed by atoms with E-state index >= 15 is 0 Å². The molecule has 4 nitrogen and oxygen atoms in total. The van der Waals surface area contributed by atoms with E-state index < -0.39 is 12.1 Å². The van der Waals surface area contributed by atoms with Crippen molar-refractivity contribution in [1.29, 1.82) is 0 Å². The molecule has 0 aromatic carbocycles. The van der Waals surface area contributed by atoms with Crippen molar-refractivity contribution in [3.63, 3.8) is 0 Å². The Hall–Kier alpha value is -0.610. The van der Waals surface area contributed by atoms with Crippen LogP contribution in [0.2, 0.25) is 0 Å². The molecule has 2 atom stereocenters. The summed E-state index contributed by atoms with van der Waals surface area (Å²) in [6.45, 7) is 4.36. The van der Waals surface area contributed by atoms with Gasteiger partial charge in [0.1, 0.15) is 0 Å². The standard InChI is InChI=1S/C38H77NO3/c1-3-5-7-9-11-13-15-16-17-18-19-20-21-22-24-26-28-30-32-34-38(42)39-36(35-40)37(41)33-31-29-27-25-23-14-12-10-8-6-4-2/h36-37,40-41H,3-35H2,1-2H3,(H,39,42). The number of nitrogens with one attached hydrogen (secondary N) is 1. The highest BCUT2D eigenvalue weighted by Gasteiger charge is 2.19. The van der Waals surface area contributed by atoms with Crippen LogP contribution in [0.5, 0.6) is 0 Å². The maximum absolute atomic E-state index is 12.3. The largest absolute Gasteiger partial charge is 0.394 e. The maximum atomic E-state index is 12.3. The van der Waals surface area contributed by atoms with Crippen LogP contribution >= 0.6 is 0 Å². The smallest absolute Gasteiger partial charge is 0.220 e. The lowest BCUT2D eigenvalue weighted by Gasteiger charge is -2.22. The van der Waals surface area contributed by atoms with E-state index in [2.05, 4.69) is 19.2 Å². The van der Waals surface area contributed by atoms with Crippen LogP contribution in [-0.2, 0) is 4.79 Å². The molecule has 0 radical (unpaired) electrons. The van der Waals surface area contributed by atoms with Gasteiger partial charge < -0.3 is 15.5 Å². The van der Waals surface area contributed by atoms with Gasteiger partial charge in [-0.05, 0) is 12.8 Å². The summed E-state index contributed by atoms with van der Waals surface area (Å²) in [5, 5.41) is 23.0. The fraction of sp³-hybridized carbons (Fsp3) is 0.974. The average Bonchev–Trinajstić information content (AvgIpc) is 2.99. The van der Waals surface area contributed by atoms with Crippen molar-refractivity contribution in [3.05, 3.63) is 0 Å². The van der Waals surface area contributed by atoms with Gasteiger partial charge in [-0.2, -0.15) is 0 Å². The first kappa shape index (κ1) is 41.4. The van der Waals surface area contributed by atoms with E-state index in [1.807, 2.05) is 0 Å². The second kappa shape index (κ2) is 34.9. The third kappa shape index (κ3) is 30.8. The van der Waals surface area contributed by atoms with Gasteiger partial charge in [-0.1, -0.05) is 200 Å². The van der Waals surface area contributed by atoms with Crippen LogP contribution in [0.15, 0.2) is 0 Å². The molecule has 0 fully saturated rings. The van der Waals surface area contributed by atoms with Crippen LogP contribution in [0.1, 0.15) is 219 Å². The number of rotatable bonds is 35. The summed E-state index contributed by atoms with van der Waals surface area (Å²) in [7, 11) is 0. The van der Waals surface area contributed by atoms with Gasteiger partial charge in [0, 0.05) is 6.42 Å². The van der Waals surface area contributed by atoms with Crippen molar-refractivity contribution < 1.29 is 15.0 Å². The molecular weight excluding hydrogens is 518 g/mol. The van der Waals surface area contributed by atoms with Crippen LogP contribution < -0.4 is 5.32 Å². The van der Waals surface area contributed by atoms with Crippen LogP contribution in [-0.4, -0.2) is 34.9 Å². The van der Waals surface area contributed by atoms with Crippen LogP contribution in [0.25, 0.3) is 0 Å². The lowest BCUT2D eigenvalue weighted by molar-refractivity contribution is -0.123. The number of aliphatic hydroxyl groups is 2. The minimum atomic E-state index is -0.650. The zero-order valence-electron chi connectivity index (χ0n) is 28.8. The fourth-order valence-corrected chi connectivity index (χ4v) is 6.13. The Morgan fingerprint density at radius 2 is 0.762 bits per heavy atom. The summed E-state index contributed by atoms with van der Waals surface area (Å²) in [6.07, 6.45) is 40.2. The van der Waals surface area contributed by atoms with Crippen molar-refractivity contribution in [3.8, 4) is 0 Å². The number of hydrogen-bond donors (Lipinski definition) is 3. The number of aliphatic hydroxyl groups excluding tert-OH is 2. The molecule has 1 amide bonds. The van der Waals surface area contributed by atoms with Gasteiger partial charge in [0.15, 0.2) is 0 Å². The molecular formula is C38H77NO3. The van der Waals surface area contributed by atoms with Gasteiger partial charge in [-0.25, -0.2) is 0 Å². The first-order valence-electron chi connectivity index (χ1n) is 19.2. The predicted molar refractivity (Wildman–Crippen MR) is 184 cm³/mol. The maximum Gasteiger partial charge on any atom is 0.220 e. The molecule has 0 aliphatic carbocycles. The quantitative estimate of drug-likeness (QED) is 0.0638. The second-order valence-corrected chi connectivity index (χ2v) is 13.4. The summed E-state index contributed by atoms with van der Waals surface area (Å²) in [4.78, 5) is 12.3. The fourth-order valence-electron chi connectivity index (χ4n) is 6.13. The Morgan fingerprint density at radius 3 is 1.07 bits per heavy atom. The van der Waals surface area contributed by atoms with E-state index in [0.717, 1.165) is 25.7 Å². The van der Waals surface area contributed by atoms with Crippen molar-refractivity contribution >= 4 is 5.91 Å². The minimum Gasteiger partial charge on any atom is -0.394 e. The molecule has 3 N–H and O–H groups in total. The molecule has 0 saturated heterocycles. The van der Waals surface area contributed by atoms with Gasteiger partial charge in [0.25, 0.3) is 0 Å². The Labute approximate surface area is 264 Å². The third-order valence-corrected chi connectivity index (χ3v) is 9.12. The number of carbonyl (C=O) groups excluding carboxylic acids is 1. The summed E-state index contributed by atoms with van der Waals surface area (Å²) in [5.74, 6) is -0.0287. The van der Waals surface area contributed by atoms with Crippen molar-refractivity contribution in [2.24, 2.45) is 0 Å². The third-order valence-electron chi connectivity index (χ3n) is 9.12. The Kier molecular flexibility index (Phi) is 34.4. The predicted octanol–water partition coefficient (Wildman–Crippen LogP) is 11.3. The number of hydrogen-bond acceptors (Lipinski definition) is 3. The van der Waals surface area contributed by atoms with E-state index in [9.17, 15) is 15.0 Å². The number of unbranched alkanes of at least 4 members (excludes halogenated alkanes) is 28. The Balaban J connectivity index is 3.48.